The number of nitrogens with zero attached hydrogens (tertiary/aromatic N) is 2. The van der Waals surface area contributed by atoms with Gasteiger partial charge in [0.25, 0.3) is 0 Å². The Balaban J connectivity index is 3.46. The Kier molecular flexibility index (Phi) is 2.24. The lowest BCUT2D eigenvalue weighted by Gasteiger charge is -1.95. The van der Waals surface area contributed by atoms with Gasteiger partial charge in [0.05, 0.1) is 4.92 Å². The lowest BCUT2D eigenvalue weighted by atomic mass is 10.4. The summed E-state index contributed by atoms with van der Waals surface area (Å²) in [6.45, 7) is 0. The van der Waals surface area contributed by atoms with Crippen molar-refractivity contribution < 1.29 is 17.2 Å². The topological polar surface area (TPSA) is 90.2 Å². The van der Waals surface area contributed by atoms with E-state index >= 15 is 0 Å². The van der Waals surface area contributed by atoms with Crippen LogP contribution in [0.25, 0.3) is 0 Å². The molecule has 0 spiro atoms. The van der Waals surface area contributed by atoms with Crippen LogP contribution in [0.15, 0.2) is 23.4 Å². The van der Waals surface area contributed by atoms with Crippen molar-refractivity contribution >= 4 is 15.9 Å². The molecule has 0 bridgehead atoms. The zero-order valence-electron chi connectivity index (χ0n) is 6.05. The SMILES string of the molecule is O=[N+]([O-])c1cnccc1S(=O)(=O)F. The smallest absolute Gasteiger partial charge is 0.258 e. The van der Waals surface area contributed by atoms with E-state index in [1.54, 1.807) is 0 Å². The van der Waals surface area contributed by atoms with E-state index in [4.69, 9.17) is 0 Å². The first-order chi connectivity index (χ1) is 5.93. The van der Waals surface area contributed by atoms with Crippen molar-refractivity contribution in [3.63, 3.8) is 0 Å². The third-order valence-corrected chi connectivity index (χ3v) is 2.09. The first kappa shape index (κ1) is 9.52. The van der Waals surface area contributed by atoms with E-state index in [1.807, 2.05) is 0 Å². The zero-order valence-corrected chi connectivity index (χ0v) is 6.86. The summed E-state index contributed by atoms with van der Waals surface area (Å²) in [4.78, 5) is 11.5. The fourth-order valence-electron chi connectivity index (χ4n) is 0.717. The molecular weight excluding hydrogens is 203 g/mol. The van der Waals surface area contributed by atoms with Crippen LogP contribution in [0.5, 0.6) is 0 Å². The molecule has 13 heavy (non-hydrogen) atoms. The normalized spacial score (nSPS) is 11.2. The molecule has 0 N–H and O–H groups in total. The van der Waals surface area contributed by atoms with Gasteiger partial charge in [0, 0.05) is 6.20 Å². The van der Waals surface area contributed by atoms with Crippen molar-refractivity contribution in [3.8, 4) is 0 Å². The van der Waals surface area contributed by atoms with Gasteiger partial charge in [-0.05, 0) is 6.07 Å². The fourth-order valence-corrected chi connectivity index (χ4v) is 1.32. The Hall–Kier alpha value is -1.57. The summed E-state index contributed by atoms with van der Waals surface area (Å²) in [5.41, 5.74) is -0.870. The van der Waals surface area contributed by atoms with E-state index in [0.717, 1.165) is 12.3 Å². The van der Waals surface area contributed by atoms with Crippen LogP contribution in [-0.4, -0.2) is 18.3 Å². The van der Waals surface area contributed by atoms with E-state index in [1.165, 1.54) is 0 Å². The maximum absolute atomic E-state index is 12.4. The van der Waals surface area contributed by atoms with Gasteiger partial charge in [0.1, 0.15) is 6.20 Å². The minimum absolute atomic E-state index is 0.673. The van der Waals surface area contributed by atoms with Crippen molar-refractivity contribution in [1.29, 1.82) is 0 Å². The number of hydrogen-bond donors (Lipinski definition) is 0. The second-order valence-electron chi connectivity index (χ2n) is 2.04. The number of halogens is 1. The Labute approximate surface area is 72.4 Å². The first-order valence-corrected chi connectivity index (χ1v) is 4.34. The van der Waals surface area contributed by atoms with Gasteiger partial charge in [0.15, 0.2) is 4.90 Å². The zero-order chi connectivity index (χ0) is 10.1. The molecule has 1 heterocycles. The van der Waals surface area contributed by atoms with Crippen LogP contribution in [0.1, 0.15) is 0 Å². The standard InChI is InChI=1S/C5H3FN2O4S/c6-13(11,12)5-1-2-7-3-4(5)8(9)10/h1-3H. The Morgan fingerprint density at radius 2 is 2.15 bits per heavy atom. The molecular formula is C5H3FN2O4S. The van der Waals surface area contributed by atoms with E-state index in [2.05, 4.69) is 4.98 Å². The lowest BCUT2D eigenvalue weighted by molar-refractivity contribution is -0.388. The third-order valence-electron chi connectivity index (χ3n) is 1.22. The van der Waals surface area contributed by atoms with Crippen molar-refractivity contribution in [2.45, 2.75) is 4.90 Å². The van der Waals surface area contributed by atoms with Crippen LogP contribution < -0.4 is 0 Å². The van der Waals surface area contributed by atoms with Gasteiger partial charge in [-0.2, -0.15) is 8.42 Å². The third kappa shape index (κ3) is 1.96. The van der Waals surface area contributed by atoms with Crippen molar-refractivity contribution in [2.75, 3.05) is 0 Å². The van der Waals surface area contributed by atoms with E-state index < -0.39 is 25.7 Å². The molecule has 8 heteroatoms. The molecule has 0 amide bonds. The summed E-state index contributed by atoms with van der Waals surface area (Å²) < 4.78 is 33.1. The quantitative estimate of drug-likeness (QED) is 0.402. The van der Waals surface area contributed by atoms with Crippen molar-refractivity contribution in [3.05, 3.63) is 28.6 Å². The highest BCUT2D eigenvalue weighted by Crippen LogP contribution is 2.22. The number of aromatic nitrogens is 1. The van der Waals surface area contributed by atoms with E-state index in [0.29, 0.717) is 6.20 Å². The number of pyridine rings is 1. The van der Waals surface area contributed by atoms with Gasteiger partial charge < -0.3 is 0 Å². The summed E-state index contributed by atoms with van der Waals surface area (Å²) in [5.74, 6) is 0. The molecule has 0 fully saturated rings. The molecule has 1 aromatic heterocycles. The second kappa shape index (κ2) is 3.05. The highest BCUT2D eigenvalue weighted by atomic mass is 32.3. The maximum atomic E-state index is 12.4. The van der Waals surface area contributed by atoms with Crippen LogP contribution in [0, 0.1) is 10.1 Å². The first-order valence-electron chi connectivity index (χ1n) is 2.96. The minimum atomic E-state index is -5.06. The summed E-state index contributed by atoms with van der Waals surface area (Å²) in [6.07, 6.45) is 1.63. The van der Waals surface area contributed by atoms with Crippen molar-refractivity contribution in [1.82, 2.24) is 4.98 Å². The lowest BCUT2D eigenvalue weighted by Crippen LogP contribution is -1.99. The highest BCUT2D eigenvalue weighted by molar-refractivity contribution is 7.86. The van der Waals surface area contributed by atoms with Crippen LogP contribution in [0.4, 0.5) is 9.57 Å². The largest absolute Gasteiger partial charge is 0.339 e. The van der Waals surface area contributed by atoms with Crippen molar-refractivity contribution in [2.24, 2.45) is 0 Å². The number of hydrogen-bond acceptors (Lipinski definition) is 5. The van der Waals surface area contributed by atoms with Crippen LogP contribution >= 0.6 is 0 Å². The molecule has 1 rings (SSSR count). The molecule has 0 unspecified atom stereocenters. The number of rotatable bonds is 2. The average Bonchev–Trinajstić information content (AvgIpc) is 2.03. The molecule has 0 aliphatic rings. The Morgan fingerprint density at radius 1 is 1.54 bits per heavy atom. The second-order valence-corrected chi connectivity index (χ2v) is 3.35. The molecule has 0 saturated carbocycles. The van der Waals surface area contributed by atoms with Gasteiger partial charge in [-0.3, -0.25) is 15.1 Å². The highest BCUT2D eigenvalue weighted by Gasteiger charge is 2.24. The molecule has 0 aromatic carbocycles. The molecule has 6 nitrogen and oxygen atoms in total. The maximum Gasteiger partial charge on any atom is 0.339 e. The van der Waals surface area contributed by atoms with Gasteiger partial charge in [-0.15, -0.1) is 3.89 Å². The molecule has 0 atom stereocenters. The van der Waals surface area contributed by atoms with Gasteiger partial charge in [-0.1, -0.05) is 0 Å². The van der Waals surface area contributed by atoms with Gasteiger partial charge in [0.2, 0.25) is 0 Å². The monoisotopic (exact) mass is 206 g/mol. The van der Waals surface area contributed by atoms with Crippen LogP contribution in [-0.2, 0) is 10.2 Å². The summed E-state index contributed by atoms with van der Waals surface area (Å²) in [5, 5.41) is 10.2. The van der Waals surface area contributed by atoms with Crippen LogP contribution in [0.2, 0.25) is 0 Å². The Morgan fingerprint density at radius 3 is 2.54 bits per heavy atom. The summed E-state index contributed by atoms with van der Waals surface area (Å²) >= 11 is 0. The summed E-state index contributed by atoms with van der Waals surface area (Å²) in [6, 6.07) is 0.730. The molecule has 0 radical (unpaired) electrons. The van der Waals surface area contributed by atoms with Crippen LogP contribution in [0.3, 0.4) is 0 Å². The number of nitro groups is 1. The molecule has 0 saturated heterocycles. The van der Waals surface area contributed by atoms with Gasteiger partial charge >= 0.3 is 15.9 Å². The Bertz CT molecular complexity index is 444. The minimum Gasteiger partial charge on any atom is -0.258 e. The molecule has 0 aliphatic carbocycles. The summed E-state index contributed by atoms with van der Waals surface area (Å²) in [7, 11) is -5.06. The predicted molar refractivity (Wildman–Crippen MR) is 39.2 cm³/mol. The predicted octanol–water partition coefficient (Wildman–Crippen LogP) is 0.648. The molecule has 1 aromatic rings. The fraction of sp³-hybridized carbons (Fsp3) is 0. The average molecular weight is 206 g/mol. The van der Waals surface area contributed by atoms with E-state index in [9.17, 15) is 22.4 Å². The molecule has 70 valence electrons. The molecule has 0 aliphatic heterocycles. The van der Waals surface area contributed by atoms with Gasteiger partial charge in [-0.25, -0.2) is 0 Å². The van der Waals surface area contributed by atoms with E-state index in [-0.39, 0.29) is 0 Å².